The Kier molecular flexibility index (Phi) is 3.00. The number of nitrogens with zero attached hydrogens (tertiary/aromatic N) is 1. The van der Waals surface area contributed by atoms with Crippen LogP contribution in [0, 0.1) is 0 Å². The Morgan fingerprint density at radius 3 is 3.00 bits per heavy atom. The van der Waals surface area contributed by atoms with Crippen LogP contribution in [0.2, 0.25) is 0 Å². The number of imidazole rings is 1. The van der Waals surface area contributed by atoms with Crippen LogP contribution >= 0.6 is 11.3 Å². The SMILES string of the molecule is NCc1cc(CNc2nc3ccccc3[nH]2)cs1. The van der Waals surface area contributed by atoms with E-state index in [1.165, 1.54) is 10.4 Å². The lowest BCUT2D eigenvalue weighted by molar-refractivity contribution is 1.08. The summed E-state index contributed by atoms with van der Waals surface area (Å²) >= 11 is 1.69. The summed E-state index contributed by atoms with van der Waals surface area (Å²) in [6.45, 7) is 1.37. The van der Waals surface area contributed by atoms with Gasteiger partial charge in [-0.3, -0.25) is 0 Å². The van der Waals surface area contributed by atoms with Crippen LogP contribution in [0.3, 0.4) is 0 Å². The predicted molar refractivity (Wildman–Crippen MR) is 75.6 cm³/mol. The van der Waals surface area contributed by atoms with Gasteiger partial charge >= 0.3 is 0 Å². The van der Waals surface area contributed by atoms with Crippen LogP contribution in [0.4, 0.5) is 5.95 Å². The van der Waals surface area contributed by atoms with Crippen molar-refractivity contribution in [3.63, 3.8) is 0 Å². The minimum Gasteiger partial charge on any atom is -0.352 e. The number of H-pyrrole nitrogens is 1. The van der Waals surface area contributed by atoms with Crippen molar-refractivity contribution in [3.05, 3.63) is 46.2 Å². The zero-order valence-corrected chi connectivity index (χ0v) is 10.6. The molecule has 0 aliphatic heterocycles. The zero-order valence-electron chi connectivity index (χ0n) is 9.81. The van der Waals surface area contributed by atoms with E-state index in [0.29, 0.717) is 6.54 Å². The van der Waals surface area contributed by atoms with Crippen LogP contribution in [0.1, 0.15) is 10.4 Å². The van der Waals surface area contributed by atoms with E-state index in [1.807, 2.05) is 24.3 Å². The van der Waals surface area contributed by atoms with Gasteiger partial charge in [-0.05, 0) is 29.1 Å². The molecule has 0 amide bonds. The fourth-order valence-corrected chi connectivity index (χ4v) is 2.62. The summed E-state index contributed by atoms with van der Waals surface area (Å²) in [5.74, 6) is 0.802. The molecule has 3 aromatic rings. The standard InChI is InChI=1S/C13H14N4S/c14-6-10-5-9(8-18-10)7-15-13-16-11-3-1-2-4-12(11)17-13/h1-5,8H,6-7,14H2,(H2,15,16,17). The molecule has 0 saturated heterocycles. The summed E-state index contributed by atoms with van der Waals surface area (Å²) in [5.41, 5.74) is 8.86. The number of fused-ring (bicyclic) bond motifs is 1. The first-order valence-corrected chi connectivity index (χ1v) is 6.68. The van der Waals surface area contributed by atoms with Crippen LogP contribution < -0.4 is 11.1 Å². The molecule has 0 spiro atoms. The number of thiophene rings is 1. The molecule has 0 fully saturated rings. The van der Waals surface area contributed by atoms with Crippen LogP contribution in [-0.2, 0) is 13.1 Å². The van der Waals surface area contributed by atoms with Gasteiger partial charge < -0.3 is 16.0 Å². The second-order valence-electron chi connectivity index (χ2n) is 4.08. The number of nitrogens with two attached hydrogens (primary N) is 1. The summed E-state index contributed by atoms with van der Waals surface area (Å²) in [5, 5.41) is 5.41. The van der Waals surface area contributed by atoms with E-state index in [-0.39, 0.29) is 0 Å². The van der Waals surface area contributed by atoms with Gasteiger partial charge in [-0.25, -0.2) is 4.98 Å². The smallest absolute Gasteiger partial charge is 0.201 e. The number of anilines is 1. The average molecular weight is 258 g/mol. The third kappa shape index (κ3) is 2.23. The Labute approximate surface area is 109 Å². The Morgan fingerprint density at radius 1 is 1.33 bits per heavy atom. The molecule has 3 rings (SSSR count). The van der Waals surface area contributed by atoms with E-state index in [4.69, 9.17) is 5.73 Å². The highest BCUT2D eigenvalue weighted by molar-refractivity contribution is 7.10. The van der Waals surface area contributed by atoms with Gasteiger partial charge in [0.1, 0.15) is 0 Å². The van der Waals surface area contributed by atoms with E-state index in [1.54, 1.807) is 11.3 Å². The molecule has 0 aliphatic carbocycles. The van der Waals surface area contributed by atoms with Gasteiger partial charge in [0, 0.05) is 18.0 Å². The fraction of sp³-hybridized carbons (Fsp3) is 0.154. The Bertz CT molecular complexity index is 623. The third-order valence-electron chi connectivity index (χ3n) is 2.76. The molecule has 0 bridgehead atoms. The molecular formula is C13H14N4S. The first-order valence-electron chi connectivity index (χ1n) is 5.80. The summed E-state index contributed by atoms with van der Waals surface area (Å²) < 4.78 is 0. The van der Waals surface area contributed by atoms with Crippen molar-refractivity contribution < 1.29 is 0 Å². The molecule has 0 radical (unpaired) electrons. The van der Waals surface area contributed by atoms with Crippen LogP contribution in [0.5, 0.6) is 0 Å². The minimum atomic E-state index is 0.606. The quantitative estimate of drug-likeness (QED) is 0.674. The molecule has 18 heavy (non-hydrogen) atoms. The summed E-state index contributed by atoms with van der Waals surface area (Å²) in [4.78, 5) is 8.91. The van der Waals surface area contributed by atoms with E-state index in [0.717, 1.165) is 23.5 Å². The van der Waals surface area contributed by atoms with Gasteiger partial charge in [0.2, 0.25) is 5.95 Å². The normalized spacial score (nSPS) is 10.9. The lowest BCUT2D eigenvalue weighted by Crippen LogP contribution is -1.99. The average Bonchev–Trinajstić information content (AvgIpc) is 3.02. The topological polar surface area (TPSA) is 66.7 Å². The van der Waals surface area contributed by atoms with Crippen molar-refractivity contribution in [2.45, 2.75) is 13.1 Å². The third-order valence-corrected chi connectivity index (χ3v) is 3.77. The van der Waals surface area contributed by atoms with Crippen molar-refractivity contribution in [3.8, 4) is 0 Å². The lowest BCUT2D eigenvalue weighted by atomic mass is 10.3. The highest BCUT2D eigenvalue weighted by atomic mass is 32.1. The molecule has 0 aliphatic rings. The molecule has 0 atom stereocenters. The maximum atomic E-state index is 5.59. The number of aromatic nitrogens is 2. The Balaban J connectivity index is 1.72. The molecule has 0 unspecified atom stereocenters. The molecule has 2 aromatic heterocycles. The van der Waals surface area contributed by atoms with Gasteiger partial charge in [-0.2, -0.15) is 0 Å². The number of benzene rings is 1. The van der Waals surface area contributed by atoms with Crippen molar-refractivity contribution >= 4 is 28.3 Å². The van der Waals surface area contributed by atoms with Gasteiger partial charge in [0.15, 0.2) is 0 Å². The zero-order chi connectivity index (χ0) is 12.4. The Hall–Kier alpha value is -1.85. The second-order valence-corrected chi connectivity index (χ2v) is 5.08. The number of rotatable bonds is 4. The molecule has 2 heterocycles. The van der Waals surface area contributed by atoms with Gasteiger partial charge in [-0.15, -0.1) is 11.3 Å². The molecule has 5 heteroatoms. The maximum Gasteiger partial charge on any atom is 0.201 e. The van der Waals surface area contributed by atoms with E-state index in [9.17, 15) is 0 Å². The maximum absolute atomic E-state index is 5.59. The molecule has 1 aromatic carbocycles. The van der Waals surface area contributed by atoms with E-state index in [2.05, 4.69) is 26.7 Å². The van der Waals surface area contributed by atoms with E-state index >= 15 is 0 Å². The largest absolute Gasteiger partial charge is 0.352 e. The first kappa shape index (κ1) is 11.3. The molecule has 4 nitrogen and oxygen atoms in total. The monoisotopic (exact) mass is 258 g/mol. The fourth-order valence-electron chi connectivity index (χ4n) is 1.85. The molecular weight excluding hydrogens is 244 g/mol. The number of hydrogen-bond acceptors (Lipinski definition) is 4. The minimum absolute atomic E-state index is 0.606. The van der Waals surface area contributed by atoms with Crippen molar-refractivity contribution in [1.82, 2.24) is 9.97 Å². The summed E-state index contributed by atoms with van der Waals surface area (Å²) in [7, 11) is 0. The number of para-hydroxylation sites is 2. The van der Waals surface area contributed by atoms with Crippen LogP contribution in [0.25, 0.3) is 11.0 Å². The van der Waals surface area contributed by atoms with Gasteiger partial charge in [0.25, 0.3) is 0 Å². The molecule has 92 valence electrons. The lowest BCUT2D eigenvalue weighted by Gasteiger charge is -1.99. The van der Waals surface area contributed by atoms with Crippen molar-refractivity contribution in [2.75, 3.05) is 5.32 Å². The summed E-state index contributed by atoms with van der Waals surface area (Å²) in [6.07, 6.45) is 0. The predicted octanol–water partition coefficient (Wildman–Crippen LogP) is 2.70. The second kappa shape index (κ2) is 4.80. The highest BCUT2D eigenvalue weighted by Crippen LogP contribution is 2.17. The van der Waals surface area contributed by atoms with Crippen molar-refractivity contribution in [1.29, 1.82) is 0 Å². The molecule has 0 saturated carbocycles. The highest BCUT2D eigenvalue weighted by Gasteiger charge is 2.02. The van der Waals surface area contributed by atoms with Crippen LogP contribution in [-0.4, -0.2) is 9.97 Å². The Morgan fingerprint density at radius 2 is 2.22 bits per heavy atom. The van der Waals surface area contributed by atoms with Gasteiger partial charge in [-0.1, -0.05) is 12.1 Å². The summed E-state index contributed by atoms with van der Waals surface area (Å²) in [6, 6.07) is 10.1. The van der Waals surface area contributed by atoms with Gasteiger partial charge in [0.05, 0.1) is 11.0 Å². The van der Waals surface area contributed by atoms with Crippen molar-refractivity contribution in [2.24, 2.45) is 5.73 Å². The number of aromatic amines is 1. The van der Waals surface area contributed by atoms with Crippen LogP contribution in [0.15, 0.2) is 35.7 Å². The van der Waals surface area contributed by atoms with E-state index < -0.39 is 0 Å². The number of nitrogens with one attached hydrogen (secondary N) is 2. The number of hydrogen-bond donors (Lipinski definition) is 3. The molecule has 4 N–H and O–H groups in total. The first-order chi connectivity index (χ1) is 8.85.